The van der Waals surface area contributed by atoms with Gasteiger partial charge in [-0.1, -0.05) is 60.7 Å². The van der Waals surface area contributed by atoms with E-state index in [1.54, 1.807) is 0 Å². The highest BCUT2D eigenvalue weighted by Crippen LogP contribution is 2.22. The molecule has 6 nitrogen and oxygen atoms in total. The first-order valence-corrected chi connectivity index (χ1v) is 11.0. The molecule has 6 heteroatoms. The smallest absolute Gasteiger partial charge is 0.247 e. The maximum atomic E-state index is 12.4. The standard InChI is InChI=1S/C26H25N3O3/c30-25(15-7-14-24-27-28-26(32-24)20-9-2-1-3-10-20)29-16-22(17-29)31-18-21-12-6-11-19-8-4-5-13-23(19)21/h1-6,8-13,22H,7,14-18H2. The van der Waals surface area contributed by atoms with Crippen molar-refractivity contribution in [3.05, 3.63) is 84.3 Å². The Kier molecular flexibility index (Phi) is 5.94. The molecule has 0 bridgehead atoms. The molecular weight excluding hydrogens is 402 g/mol. The van der Waals surface area contributed by atoms with Crippen molar-refractivity contribution < 1.29 is 13.9 Å². The van der Waals surface area contributed by atoms with E-state index in [-0.39, 0.29) is 12.0 Å². The van der Waals surface area contributed by atoms with Gasteiger partial charge in [-0.3, -0.25) is 4.79 Å². The van der Waals surface area contributed by atoms with Gasteiger partial charge >= 0.3 is 0 Å². The lowest BCUT2D eigenvalue weighted by Gasteiger charge is -2.39. The average molecular weight is 428 g/mol. The lowest BCUT2D eigenvalue weighted by atomic mass is 10.0. The Hall–Kier alpha value is -3.51. The number of carbonyl (C=O) groups excluding carboxylic acids is 1. The van der Waals surface area contributed by atoms with Gasteiger partial charge in [-0.15, -0.1) is 10.2 Å². The summed E-state index contributed by atoms with van der Waals surface area (Å²) in [6.45, 7) is 1.87. The van der Waals surface area contributed by atoms with Gasteiger partial charge in [0.2, 0.25) is 17.7 Å². The molecule has 1 aliphatic heterocycles. The van der Waals surface area contributed by atoms with Crippen molar-refractivity contribution in [1.82, 2.24) is 15.1 Å². The fourth-order valence-corrected chi connectivity index (χ4v) is 3.97. The highest BCUT2D eigenvalue weighted by molar-refractivity contribution is 5.85. The van der Waals surface area contributed by atoms with Crippen LogP contribution in [0.1, 0.15) is 24.3 Å². The molecule has 0 saturated carbocycles. The SMILES string of the molecule is O=C(CCCc1nnc(-c2ccccc2)o1)N1CC(OCc2cccc3ccccc23)C1. The number of hydrogen-bond acceptors (Lipinski definition) is 5. The van der Waals surface area contributed by atoms with E-state index in [1.807, 2.05) is 47.4 Å². The van der Waals surface area contributed by atoms with Gasteiger partial charge in [-0.2, -0.15) is 0 Å². The Bertz CT molecular complexity index is 1190. The largest absolute Gasteiger partial charge is 0.421 e. The summed E-state index contributed by atoms with van der Waals surface area (Å²) in [4.78, 5) is 14.3. The van der Waals surface area contributed by atoms with Crippen LogP contribution < -0.4 is 0 Å². The molecule has 4 aromatic rings. The van der Waals surface area contributed by atoms with Gasteiger partial charge in [-0.05, 0) is 34.9 Å². The van der Waals surface area contributed by atoms with E-state index in [1.165, 1.54) is 16.3 Å². The van der Waals surface area contributed by atoms with Crippen LogP contribution in [0.3, 0.4) is 0 Å². The third-order valence-electron chi connectivity index (χ3n) is 5.82. The summed E-state index contributed by atoms with van der Waals surface area (Å²) in [7, 11) is 0. The number of rotatable bonds is 8. The molecule has 32 heavy (non-hydrogen) atoms. The van der Waals surface area contributed by atoms with E-state index >= 15 is 0 Å². The van der Waals surface area contributed by atoms with Crippen molar-refractivity contribution in [2.75, 3.05) is 13.1 Å². The monoisotopic (exact) mass is 427 g/mol. The molecule has 3 aromatic carbocycles. The van der Waals surface area contributed by atoms with Crippen LogP contribution in [0.15, 0.2) is 77.2 Å². The highest BCUT2D eigenvalue weighted by Gasteiger charge is 2.31. The van der Waals surface area contributed by atoms with Crippen LogP contribution in [0.4, 0.5) is 0 Å². The van der Waals surface area contributed by atoms with Crippen LogP contribution in [0.2, 0.25) is 0 Å². The fourth-order valence-electron chi connectivity index (χ4n) is 3.97. The minimum Gasteiger partial charge on any atom is -0.421 e. The lowest BCUT2D eigenvalue weighted by molar-refractivity contribution is -0.145. The predicted octanol–water partition coefficient (Wildman–Crippen LogP) is 4.64. The van der Waals surface area contributed by atoms with Crippen molar-refractivity contribution >= 4 is 16.7 Å². The van der Waals surface area contributed by atoms with Gasteiger partial charge in [0.1, 0.15) is 0 Å². The van der Waals surface area contributed by atoms with E-state index in [0.29, 0.717) is 50.7 Å². The van der Waals surface area contributed by atoms with Gasteiger partial charge in [0.05, 0.1) is 12.7 Å². The number of fused-ring (bicyclic) bond motifs is 1. The van der Waals surface area contributed by atoms with Gasteiger partial charge in [-0.25, -0.2) is 0 Å². The van der Waals surface area contributed by atoms with Crippen molar-refractivity contribution in [3.63, 3.8) is 0 Å². The molecular formula is C26H25N3O3. The zero-order chi connectivity index (χ0) is 21.8. The van der Waals surface area contributed by atoms with Crippen molar-refractivity contribution in [3.8, 4) is 11.5 Å². The minimum absolute atomic E-state index is 0.0993. The van der Waals surface area contributed by atoms with Crippen molar-refractivity contribution in [1.29, 1.82) is 0 Å². The molecule has 2 heterocycles. The normalized spacial score (nSPS) is 13.9. The van der Waals surface area contributed by atoms with E-state index in [0.717, 1.165) is 5.56 Å². The van der Waals surface area contributed by atoms with Crippen molar-refractivity contribution in [2.24, 2.45) is 0 Å². The summed E-state index contributed by atoms with van der Waals surface area (Å²) in [5.74, 6) is 1.23. The molecule has 0 radical (unpaired) electrons. The first kappa shape index (κ1) is 20.4. The van der Waals surface area contributed by atoms with Crippen LogP contribution in [0.5, 0.6) is 0 Å². The van der Waals surface area contributed by atoms with E-state index in [2.05, 4.69) is 40.5 Å². The Balaban J connectivity index is 1.04. The van der Waals surface area contributed by atoms with Crippen LogP contribution in [0, 0.1) is 0 Å². The second-order valence-corrected chi connectivity index (χ2v) is 8.09. The molecule has 0 spiro atoms. The number of nitrogens with zero attached hydrogens (tertiary/aromatic N) is 3. The van der Waals surface area contributed by atoms with Crippen LogP contribution in [-0.4, -0.2) is 40.2 Å². The van der Waals surface area contributed by atoms with E-state index in [9.17, 15) is 4.79 Å². The van der Waals surface area contributed by atoms with Gasteiger partial charge in [0.25, 0.3) is 0 Å². The summed E-state index contributed by atoms with van der Waals surface area (Å²) in [6.07, 6.45) is 1.86. The third-order valence-corrected chi connectivity index (χ3v) is 5.82. The third kappa shape index (κ3) is 4.55. The molecule has 1 aromatic heterocycles. The molecule has 1 amide bonds. The molecule has 0 aliphatic carbocycles. The quantitative estimate of drug-likeness (QED) is 0.410. The summed E-state index contributed by atoms with van der Waals surface area (Å²) >= 11 is 0. The summed E-state index contributed by atoms with van der Waals surface area (Å²) < 4.78 is 11.8. The molecule has 162 valence electrons. The first-order valence-electron chi connectivity index (χ1n) is 11.0. The molecule has 1 fully saturated rings. The number of benzene rings is 3. The topological polar surface area (TPSA) is 68.5 Å². The molecule has 0 N–H and O–H groups in total. The zero-order valence-electron chi connectivity index (χ0n) is 17.8. The molecule has 1 saturated heterocycles. The number of carbonyl (C=O) groups is 1. The second kappa shape index (κ2) is 9.32. The Morgan fingerprint density at radius 2 is 1.75 bits per heavy atom. The summed E-state index contributed by atoms with van der Waals surface area (Å²) in [5, 5.41) is 10.6. The minimum atomic E-state index is 0.0993. The fraction of sp³-hybridized carbons (Fsp3) is 0.269. The zero-order valence-corrected chi connectivity index (χ0v) is 17.8. The molecule has 5 rings (SSSR count). The molecule has 0 unspecified atom stereocenters. The van der Waals surface area contributed by atoms with Gasteiger partial charge in [0.15, 0.2) is 0 Å². The van der Waals surface area contributed by atoms with Crippen molar-refractivity contribution in [2.45, 2.75) is 32.0 Å². The average Bonchev–Trinajstić information content (AvgIpc) is 3.28. The van der Waals surface area contributed by atoms with Crippen LogP contribution >= 0.6 is 0 Å². The number of aromatic nitrogens is 2. The maximum absolute atomic E-state index is 12.4. The Morgan fingerprint density at radius 3 is 2.62 bits per heavy atom. The van der Waals surface area contributed by atoms with Crippen LogP contribution in [0.25, 0.3) is 22.2 Å². The second-order valence-electron chi connectivity index (χ2n) is 8.09. The highest BCUT2D eigenvalue weighted by atomic mass is 16.5. The first-order chi connectivity index (χ1) is 15.8. The number of aryl methyl sites for hydroxylation is 1. The van der Waals surface area contributed by atoms with Gasteiger partial charge < -0.3 is 14.1 Å². The Labute approximate surface area is 186 Å². The van der Waals surface area contributed by atoms with Gasteiger partial charge in [0, 0.05) is 31.5 Å². The van der Waals surface area contributed by atoms with E-state index < -0.39 is 0 Å². The van der Waals surface area contributed by atoms with Crippen LogP contribution in [-0.2, 0) is 22.6 Å². The summed E-state index contributed by atoms with van der Waals surface area (Å²) in [5.41, 5.74) is 2.08. The predicted molar refractivity (Wildman–Crippen MR) is 122 cm³/mol. The number of hydrogen-bond donors (Lipinski definition) is 0. The molecule has 0 atom stereocenters. The number of ether oxygens (including phenoxy) is 1. The number of amides is 1. The molecule has 1 aliphatic rings. The number of likely N-dealkylation sites (tertiary alicyclic amines) is 1. The lowest BCUT2D eigenvalue weighted by Crippen LogP contribution is -2.54. The maximum Gasteiger partial charge on any atom is 0.247 e. The van der Waals surface area contributed by atoms with E-state index in [4.69, 9.17) is 9.15 Å². The Morgan fingerprint density at radius 1 is 0.969 bits per heavy atom. The summed E-state index contributed by atoms with van der Waals surface area (Å²) in [6, 6.07) is 24.3.